The summed E-state index contributed by atoms with van der Waals surface area (Å²) in [7, 11) is 0. The molecule has 0 aliphatic rings. The van der Waals surface area contributed by atoms with Gasteiger partial charge in [-0.3, -0.25) is 0 Å². The van der Waals surface area contributed by atoms with Crippen LogP contribution in [0.25, 0.3) is 0 Å². The molecule has 0 amide bonds. The lowest BCUT2D eigenvalue weighted by atomic mass is 10.0. The monoisotopic (exact) mass is 276 g/mol. The van der Waals surface area contributed by atoms with Crippen LogP contribution in [0.4, 0.5) is 26.3 Å². The minimum absolute atomic E-state index is 0.527. The lowest BCUT2D eigenvalue weighted by Crippen LogP contribution is -2.54. The summed E-state index contributed by atoms with van der Waals surface area (Å²) in [5.41, 5.74) is 0. The van der Waals surface area contributed by atoms with Crippen molar-refractivity contribution in [3.05, 3.63) is 24.2 Å². The van der Waals surface area contributed by atoms with Gasteiger partial charge in [0.2, 0.25) is 0 Å². The Morgan fingerprint density at radius 1 is 1.06 bits per heavy atom. The normalized spacial score (nSPS) is 15.3. The highest BCUT2D eigenvalue weighted by Gasteiger charge is 2.72. The second-order valence-electron chi connectivity index (χ2n) is 3.45. The number of halogens is 6. The van der Waals surface area contributed by atoms with E-state index in [0.717, 1.165) is 13.0 Å². The molecule has 0 saturated carbocycles. The SMILES string of the molecule is C/C=C(\O/C=C/C)C(F)(F)C(F)(F)C(F)(F)CC. The number of ether oxygens (including phenoxy) is 1. The van der Waals surface area contributed by atoms with Crippen molar-refractivity contribution in [1.29, 1.82) is 0 Å². The lowest BCUT2D eigenvalue weighted by molar-refractivity contribution is -0.303. The minimum atomic E-state index is -5.53. The molecule has 0 aromatic carbocycles. The van der Waals surface area contributed by atoms with E-state index in [1.807, 2.05) is 0 Å². The summed E-state index contributed by atoms with van der Waals surface area (Å²) in [4.78, 5) is 0. The third-order valence-corrected chi connectivity index (χ3v) is 2.20. The molecule has 0 spiro atoms. The third-order valence-electron chi connectivity index (χ3n) is 2.20. The molecule has 106 valence electrons. The Bertz CT molecular complexity index is 332. The van der Waals surface area contributed by atoms with E-state index in [9.17, 15) is 26.3 Å². The summed E-state index contributed by atoms with van der Waals surface area (Å²) in [5.74, 6) is -17.0. The zero-order valence-electron chi connectivity index (χ0n) is 10.1. The van der Waals surface area contributed by atoms with Crippen molar-refractivity contribution in [2.24, 2.45) is 0 Å². The molecule has 18 heavy (non-hydrogen) atoms. The van der Waals surface area contributed by atoms with Crippen molar-refractivity contribution in [3.8, 4) is 0 Å². The molecule has 0 unspecified atom stereocenters. The third kappa shape index (κ3) is 2.81. The van der Waals surface area contributed by atoms with Crippen LogP contribution in [0, 0.1) is 0 Å². The molecule has 0 N–H and O–H groups in total. The van der Waals surface area contributed by atoms with Gasteiger partial charge in [0.1, 0.15) is 0 Å². The second-order valence-corrected chi connectivity index (χ2v) is 3.45. The highest BCUT2D eigenvalue weighted by Crippen LogP contribution is 2.50. The molecular weight excluding hydrogens is 262 g/mol. The minimum Gasteiger partial charge on any atom is -0.463 e. The van der Waals surface area contributed by atoms with Crippen LogP contribution >= 0.6 is 0 Å². The summed E-state index contributed by atoms with van der Waals surface area (Å²) < 4.78 is 83.3. The Morgan fingerprint density at radius 2 is 1.56 bits per heavy atom. The molecular formula is C11H14F6O. The zero-order chi connectivity index (χ0) is 14.6. The maximum absolute atomic E-state index is 13.4. The van der Waals surface area contributed by atoms with Gasteiger partial charge < -0.3 is 4.74 Å². The number of rotatable bonds is 6. The average Bonchev–Trinajstić information content (AvgIpc) is 2.29. The van der Waals surface area contributed by atoms with Gasteiger partial charge in [-0.15, -0.1) is 0 Å². The Kier molecular flexibility index (Phi) is 5.31. The van der Waals surface area contributed by atoms with Crippen LogP contribution in [0.1, 0.15) is 27.2 Å². The van der Waals surface area contributed by atoms with Crippen molar-refractivity contribution >= 4 is 0 Å². The summed E-state index contributed by atoms with van der Waals surface area (Å²) in [6, 6.07) is 0. The Hall–Kier alpha value is -1.14. The van der Waals surface area contributed by atoms with Crippen molar-refractivity contribution in [2.75, 3.05) is 0 Å². The fraction of sp³-hybridized carbons (Fsp3) is 0.636. The molecule has 0 aromatic heterocycles. The van der Waals surface area contributed by atoms with Crippen molar-refractivity contribution in [1.82, 2.24) is 0 Å². The zero-order valence-corrected chi connectivity index (χ0v) is 10.1. The Labute approximate surface area is 101 Å². The highest BCUT2D eigenvalue weighted by atomic mass is 19.3. The molecule has 7 heteroatoms. The predicted octanol–water partition coefficient (Wildman–Crippen LogP) is 4.76. The number of alkyl halides is 6. The standard InChI is InChI=1S/C11H14F6O/c1-4-7-18-8(5-2)10(14,15)11(16,17)9(12,13)6-3/h4-5,7H,6H2,1-3H3/b7-4+,8-5-. The quantitative estimate of drug-likeness (QED) is 0.502. The van der Waals surface area contributed by atoms with Gasteiger partial charge in [0.25, 0.3) is 0 Å². The van der Waals surface area contributed by atoms with Crippen molar-refractivity contribution in [3.63, 3.8) is 0 Å². The number of hydrogen-bond acceptors (Lipinski definition) is 1. The van der Waals surface area contributed by atoms with Gasteiger partial charge in [0.15, 0.2) is 5.76 Å². The smallest absolute Gasteiger partial charge is 0.379 e. The van der Waals surface area contributed by atoms with E-state index < -0.39 is 29.9 Å². The molecule has 0 heterocycles. The average molecular weight is 276 g/mol. The van der Waals surface area contributed by atoms with E-state index in [4.69, 9.17) is 0 Å². The number of allylic oxidation sites excluding steroid dienone is 3. The first-order chi connectivity index (χ1) is 8.08. The van der Waals surface area contributed by atoms with E-state index in [1.165, 1.54) is 6.92 Å². The van der Waals surface area contributed by atoms with Crippen LogP contribution in [0.5, 0.6) is 0 Å². The molecule has 0 aliphatic carbocycles. The van der Waals surface area contributed by atoms with E-state index in [1.54, 1.807) is 0 Å². The predicted molar refractivity (Wildman–Crippen MR) is 54.8 cm³/mol. The van der Waals surface area contributed by atoms with E-state index >= 15 is 0 Å². The maximum atomic E-state index is 13.4. The molecule has 0 aromatic rings. The molecule has 0 saturated heterocycles. The molecule has 0 rings (SSSR count). The van der Waals surface area contributed by atoms with Gasteiger partial charge in [-0.25, -0.2) is 0 Å². The topological polar surface area (TPSA) is 9.23 Å². The largest absolute Gasteiger partial charge is 0.463 e. The van der Waals surface area contributed by atoms with E-state index in [-0.39, 0.29) is 0 Å². The van der Waals surface area contributed by atoms with Gasteiger partial charge in [-0.05, 0) is 19.9 Å². The summed E-state index contributed by atoms with van der Waals surface area (Å²) in [6.45, 7) is 3.09. The molecule has 0 radical (unpaired) electrons. The van der Waals surface area contributed by atoms with Crippen molar-refractivity contribution in [2.45, 2.75) is 45.0 Å². The molecule has 0 atom stereocenters. The molecule has 0 aliphatic heterocycles. The first-order valence-electron chi connectivity index (χ1n) is 5.16. The van der Waals surface area contributed by atoms with Crippen molar-refractivity contribution < 1.29 is 31.1 Å². The van der Waals surface area contributed by atoms with Gasteiger partial charge in [-0.1, -0.05) is 13.0 Å². The summed E-state index contributed by atoms with van der Waals surface area (Å²) in [6.07, 6.45) is 0.995. The Morgan fingerprint density at radius 3 is 1.89 bits per heavy atom. The second kappa shape index (κ2) is 5.67. The van der Waals surface area contributed by atoms with Gasteiger partial charge >= 0.3 is 17.8 Å². The number of hydrogen-bond donors (Lipinski definition) is 0. The van der Waals surface area contributed by atoms with E-state index in [2.05, 4.69) is 4.74 Å². The fourth-order valence-electron chi connectivity index (χ4n) is 1.07. The molecule has 1 nitrogen and oxygen atoms in total. The molecule has 0 fully saturated rings. The summed E-state index contributed by atoms with van der Waals surface area (Å²) >= 11 is 0. The van der Waals surface area contributed by atoms with Crippen LogP contribution in [-0.2, 0) is 4.74 Å². The Balaban J connectivity index is 5.47. The van der Waals surface area contributed by atoms with Crippen LogP contribution in [-0.4, -0.2) is 17.8 Å². The van der Waals surface area contributed by atoms with Crippen LogP contribution in [0.15, 0.2) is 24.2 Å². The summed E-state index contributed by atoms with van der Waals surface area (Å²) in [5, 5.41) is 0. The van der Waals surface area contributed by atoms with Gasteiger partial charge in [0.05, 0.1) is 6.26 Å². The first kappa shape index (κ1) is 16.9. The molecule has 0 bridgehead atoms. The van der Waals surface area contributed by atoms with E-state index in [0.29, 0.717) is 19.3 Å². The van der Waals surface area contributed by atoms with Crippen LogP contribution < -0.4 is 0 Å². The van der Waals surface area contributed by atoms with Crippen LogP contribution in [0.2, 0.25) is 0 Å². The van der Waals surface area contributed by atoms with Gasteiger partial charge in [-0.2, -0.15) is 26.3 Å². The first-order valence-corrected chi connectivity index (χ1v) is 5.16. The maximum Gasteiger partial charge on any atom is 0.379 e. The highest BCUT2D eigenvalue weighted by molar-refractivity contribution is 5.14. The fourth-order valence-corrected chi connectivity index (χ4v) is 1.07. The lowest BCUT2D eigenvalue weighted by Gasteiger charge is -2.32. The van der Waals surface area contributed by atoms with Gasteiger partial charge in [0, 0.05) is 6.42 Å². The van der Waals surface area contributed by atoms with Crippen LogP contribution in [0.3, 0.4) is 0 Å².